The summed E-state index contributed by atoms with van der Waals surface area (Å²) >= 11 is 0. The van der Waals surface area contributed by atoms with Gasteiger partial charge in [0.05, 0.1) is 11.5 Å². The molecule has 0 saturated carbocycles. The topological polar surface area (TPSA) is 67.6 Å². The number of nitro benzene ring substituents is 1. The second-order valence-corrected chi connectivity index (χ2v) is 4.83. The molecule has 0 aliphatic carbocycles. The molecule has 6 heteroatoms. The summed E-state index contributed by atoms with van der Waals surface area (Å²) in [7, 11) is 4.03. The maximum atomic E-state index is 10.8. The number of benzene rings is 1. The second-order valence-electron chi connectivity index (χ2n) is 4.83. The molecule has 0 heterocycles. The molecule has 112 valence electrons. The van der Waals surface area contributed by atoms with Crippen molar-refractivity contribution in [2.45, 2.75) is 19.9 Å². The normalized spacial score (nSPS) is 10.8. The van der Waals surface area contributed by atoms with Gasteiger partial charge in [0.1, 0.15) is 5.75 Å². The first-order valence-electron chi connectivity index (χ1n) is 6.80. The van der Waals surface area contributed by atoms with Crippen LogP contribution in [0, 0.1) is 10.1 Å². The molecule has 0 saturated heterocycles. The molecule has 1 N–H and O–H groups in total. The van der Waals surface area contributed by atoms with Crippen LogP contribution in [0.4, 0.5) is 5.69 Å². The van der Waals surface area contributed by atoms with Crippen LogP contribution in [0.1, 0.15) is 18.9 Å². The van der Waals surface area contributed by atoms with Crippen LogP contribution in [-0.4, -0.2) is 43.6 Å². The Balaban J connectivity index is 2.69. The number of nitrogens with zero attached hydrogens (tertiary/aromatic N) is 2. The first kappa shape index (κ1) is 16.4. The maximum absolute atomic E-state index is 10.8. The van der Waals surface area contributed by atoms with Crippen molar-refractivity contribution < 1.29 is 9.66 Å². The van der Waals surface area contributed by atoms with E-state index in [1.807, 2.05) is 21.0 Å². The number of hydrogen-bond acceptors (Lipinski definition) is 5. The van der Waals surface area contributed by atoms with Crippen molar-refractivity contribution >= 4 is 5.69 Å². The Labute approximate surface area is 119 Å². The summed E-state index contributed by atoms with van der Waals surface area (Å²) in [6, 6.07) is 4.74. The van der Waals surface area contributed by atoms with Crippen LogP contribution in [-0.2, 0) is 6.54 Å². The van der Waals surface area contributed by atoms with Gasteiger partial charge in [-0.25, -0.2) is 0 Å². The lowest BCUT2D eigenvalue weighted by Gasteiger charge is -2.13. The number of nitrogens with one attached hydrogen (secondary N) is 1. The van der Waals surface area contributed by atoms with Crippen molar-refractivity contribution in [1.82, 2.24) is 10.2 Å². The van der Waals surface area contributed by atoms with Gasteiger partial charge in [0, 0.05) is 30.8 Å². The summed E-state index contributed by atoms with van der Waals surface area (Å²) in [5.74, 6) is 0.718. The number of hydrogen-bond donors (Lipinski definition) is 1. The molecule has 0 aromatic heterocycles. The van der Waals surface area contributed by atoms with Crippen LogP contribution in [0.3, 0.4) is 0 Å². The van der Waals surface area contributed by atoms with E-state index in [1.54, 1.807) is 12.1 Å². The third-order valence-electron chi connectivity index (χ3n) is 2.83. The molecule has 0 radical (unpaired) electrons. The van der Waals surface area contributed by atoms with E-state index in [0.29, 0.717) is 13.2 Å². The molecule has 0 aliphatic rings. The minimum Gasteiger partial charge on any atom is -0.493 e. The second kappa shape index (κ2) is 8.50. The Bertz CT molecular complexity index is 436. The zero-order valence-corrected chi connectivity index (χ0v) is 12.4. The summed E-state index contributed by atoms with van der Waals surface area (Å²) in [6.07, 6.45) is 0.921. The van der Waals surface area contributed by atoms with E-state index in [4.69, 9.17) is 4.74 Å². The molecular weight excluding hydrogens is 258 g/mol. The van der Waals surface area contributed by atoms with Gasteiger partial charge in [-0.3, -0.25) is 10.1 Å². The molecule has 1 rings (SSSR count). The van der Waals surface area contributed by atoms with E-state index in [9.17, 15) is 10.1 Å². The van der Waals surface area contributed by atoms with Crippen LogP contribution in [0.25, 0.3) is 0 Å². The van der Waals surface area contributed by atoms with Gasteiger partial charge < -0.3 is 15.0 Å². The van der Waals surface area contributed by atoms with Crippen molar-refractivity contribution in [2.24, 2.45) is 0 Å². The molecule has 0 amide bonds. The highest BCUT2D eigenvalue weighted by Gasteiger charge is 2.11. The van der Waals surface area contributed by atoms with E-state index >= 15 is 0 Å². The van der Waals surface area contributed by atoms with E-state index in [2.05, 4.69) is 10.2 Å². The summed E-state index contributed by atoms with van der Waals surface area (Å²) in [5.41, 5.74) is 0.921. The summed E-state index contributed by atoms with van der Waals surface area (Å²) < 4.78 is 5.73. The molecule has 1 aromatic rings. The fraction of sp³-hybridized carbons (Fsp3) is 0.571. The fourth-order valence-corrected chi connectivity index (χ4v) is 1.78. The molecule has 0 atom stereocenters. The number of nitro groups is 1. The lowest BCUT2D eigenvalue weighted by atomic mass is 10.1. The number of ether oxygens (including phenoxy) is 1. The van der Waals surface area contributed by atoms with Gasteiger partial charge in [0.2, 0.25) is 0 Å². The smallest absolute Gasteiger partial charge is 0.270 e. The van der Waals surface area contributed by atoms with Gasteiger partial charge in [-0.1, -0.05) is 6.92 Å². The van der Waals surface area contributed by atoms with Crippen LogP contribution >= 0.6 is 0 Å². The van der Waals surface area contributed by atoms with Crippen LogP contribution in [0.2, 0.25) is 0 Å². The third kappa shape index (κ3) is 5.54. The van der Waals surface area contributed by atoms with Gasteiger partial charge in [-0.05, 0) is 33.1 Å². The summed E-state index contributed by atoms with van der Waals surface area (Å²) in [5, 5.41) is 14.0. The predicted octanol–water partition coefficient (Wildman–Crippen LogP) is 2.03. The van der Waals surface area contributed by atoms with Gasteiger partial charge in [-0.2, -0.15) is 0 Å². The number of rotatable bonds is 9. The highest BCUT2D eigenvalue weighted by molar-refractivity contribution is 5.43. The van der Waals surface area contributed by atoms with E-state index in [-0.39, 0.29) is 10.6 Å². The van der Waals surface area contributed by atoms with Crippen molar-refractivity contribution in [3.63, 3.8) is 0 Å². The highest BCUT2D eigenvalue weighted by atomic mass is 16.6. The molecule has 6 nitrogen and oxygen atoms in total. The zero-order chi connectivity index (χ0) is 15.0. The first-order chi connectivity index (χ1) is 9.54. The highest BCUT2D eigenvalue weighted by Crippen LogP contribution is 2.24. The van der Waals surface area contributed by atoms with E-state index in [1.165, 1.54) is 6.07 Å². The standard InChI is InChI=1S/C14H23N3O3/c1-4-15-11-12-10-13(17(18)19)6-7-14(12)20-9-5-8-16(2)3/h6-7,10,15H,4-5,8-9,11H2,1-3H3. The Hall–Kier alpha value is -1.66. The van der Waals surface area contributed by atoms with Gasteiger partial charge in [0.25, 0.3) is 5.69 Å². The third-order valence-corrected chi connectivity index (χ3v) is 2.83. The summed E-state index contributed by atoms with van der Waals surface area (Å²) in [4.78, 5) is 12.5. The minimum atomic E-state index is -0.384. The predicted molar refractivity (Wildman–Crippen MR) is 79.1 cm³/mol. The molecule has 0 aliphatic heterocycles. The zero-order valence-electron chi connectivity index (χ0n) is 12.4. The quantitative estimate of drug-likeness (QED) is 0.426. The average Bonchev–Trinajstić information content (AvgIpc) is 2.41. The molecule has 20 heavy (non-hydrogen) atoms. The maximum Gasteiger partial charge on any atom is 0.270 e. The lowest BCUT2D eigenvalue weighted by Crippen LogP contribution is -2.16. The van der Waals surface area contributed by atoms with Crippen LogP contribution < -0.4 is 10.1 Å². The molecular formula is C14H23N3O3. The molecule has 0 bridgehead atoms. The number of non-ortho nitro benzene ring substituents is 1. The minimum absolute atomic E-state index is 0.0959. The molecule has 0 unspecified atom stereocenters. The molecule has 0 spiro atoms. The van der Waals surface area contributed by atoms with E-state index < -0.39 is 0 Å². The molecule has 0 fully saturated rings. The van der Waals surface area contributed by atoms with Crippen molar-refractivity contribution in [2.75, 3.05) is 33.8 Å². The molecule has 1 aromatic carbocycles. The van der Waals surface area contributed by atoms with Crippen molar-refractivity contribution in [3.8, 4) is 5.75 Å². The largest absolute Gasteiger partial charge is 0.493 e. The Morgan fingerprint density at radius 2 is 2.15 bits per heavy atom. The monoisotopic (exact) mass is 281 g/mol. The Morgan fingerprint density at radius 3 is 2.75 bits per heavy atom. The van der Waals surface area contributed by atoms with Gasteiger partial charge in [0.15, 0.2) is 0 Å². The van der Waals surface area contributed by atoms with Gasteiger partial charge in [-0.15, -0.1) is 0 Å². The lowest BCUT2D eigenvalue weighted by molar-refractivity contribution is -0.384. The Kier molecular flexibility index (Phi) is 6.97. The van der Waals surface area contributed by atoms with Gasteiger partial charge >= 0.3 is 0 Å². The van der Waals surface area contributed by atoms with Crippen molar-refractivity contribution in [3.05, 3.63) is 33.9 Å². The Morgan fingerprint density at radius 1 is 1.40 bits per heavy atom. The first-order valence-corrected chi connectivity index (χ1v) is 6.80. The van der Waals surface area contributed by atoms with Crippen LogP contribution in [0.5, 0.6) is 5.75 Å². The summed E-state index contributed by atoms with van der Waals surface area (Å²) in [6.45, 7) is 4.93. The fourth-order valence-electron chi connectivity index (χ4n) is 1.78. The SMILES string of the molecule is CCNCc1cc([N+](=O)[O-])ccc1OCCCN(C)C. The van der Waals surface area contributed by atoms with E-state index in [0.717, 1.165) is 30.8 Å². The van der Waals surface area contributed by atoms with Crippen molar-refractivity contribution in [1.29, 1.82) is 0 Å². The van der Waals surface area contributed by atoms with Crippen LogP contribution in [0.15, 0.2) is 18.2 Å². The average molecular weight is 281 g/mol.